The zero-order valence-corrected chi connectivity index (χ0v) is 20.4. The molecule has 0 aliphatic rings. The summed E-state index contributed by atoms with van der Waals surface area (Å²) in [6, 6.07) is 15.9. The topological polar surface area (TPSA) is 76.6 Å². The lowest BCUT2D eigenvalue weighted by Gasteiger charge is -2.26. The van der Waals surface area contributed by atoms with Gasteiger partial charge in [0.15, 0.2) is 0 Å². The van der Waals surface area contributed by atoms with Crippen LogP contribution in [0.2, 0.25) is 0 Å². The number of aryl methyl sites for hydroxylation is 1. The van der Waals surface area contributed by atoms with Crippen LogP contribution in [0.25, 0.3) is 10.9 Å². The highest BCUT2D eigenvalue weighted by Gasteiger charge is 2.35. The molecular weight excluding hydrogens is 512 g/mol. The smallest absolute Gasteiger partial charge is 0.419 e. The molecule has 0 radical (unpaired) electrons. The summed E-state index contributed by atoms with van der Waals surface area (Å²) in [4.78, 5) is 16.0. The van der Waals surface area contributed by atoms with Crippen molar-refractivity contribution in [3.05, 3.63) is 101 Å². The standard InChI is InChI=1S/C26H20F4N2O4S/c1-16-13-19-5-3-4-6-23(19)31-24(16)32(15-17-7-12-22(27)21(14-17)26(28,29)30)37(34,35)20-10-8-18(9-11-20)25(33)36-2/h3-14H,15H2,1-2H3. The van der Waals surface area contributed by atoms with E-state index in [4.69, 9.17) is 0 Å². The van der Waals surface area contributed by atoms with Crippen molar-refractivity contribution in [1.82, 2.24) is 4.98 Å². The van der Waals surface area contributed by atoms with Crippen molar-refractivity contribution < 1.29 is 35.5 Å². The Labute approximate surface area is 210 Å². The van der Waals surface area contributed by atoms with E-state index in [-0.39, 0.29) is 21.8 Å². The molecule has 0 N–H and O–H groups in total. The maximum absolute atomic E-state index is 13.9. The Morgan fingerprint density at radius 3 is 2.32 bits per heavy atom. The monoisotopic (exact) mass is 532 g/mol. The van der Waals surface area contributed by atoms with Crippen LogP contribution >= 0.6 is 0 Å². The molecule has 4 aromatic rings. The van der Waals surface area contributed by atoms with Gasteiger partial charge < -0.3 is 4.74 Å². The van der Waals surface area contributed by atoms with E-state index in [1.165, 1.54) is 31.4 Å². The Bertz CT molecular complexity index is 1590. The van der Waals surface area contributed by atoms with Crippen LogP contribution in [0.3, 0.4) is 0 Å². The van der Waals surface area contributed by atoms with Crippen molar-refractivity contribution in [2.75, 3.05) is 11.4 Å². The molecule has 0 atom stereocenters. The van der Waals surface area contributed by atoms with Crippen LogP contribution in [0.4, 0.5) is 23.4 Å². The number of anilines is 1. The van der Waals surface area contributed by atoms with E-state index in [1.807, 2.05) is 0 Å². The molecule has 37 heavy (non-hydrogen) atoms. The molecule has 0 aliphatic carbocycles. The molecule has 0 fully saturated rings. The number of nitrogens with zero attached hydrogens (tertiary/aromatic N) is 2. The first-order valence-corrected chi connectivity index (χ1v) is 12.3. The number of ether oxygens (including phenoxy) is 1. The first-order valence-electron chi connectivity index (χ1n) is 10.8. The second-order valence-electron chi connectivity index (χ2n) is 8.16. The zero-order chi connectivity index (χ0) is 27.0. The molecule has 0 saturated heterocycles. The summed E-state index contributed by atoms with van der Waals surface area (Å²) in [6.45, 7) is 1.07. The number of halogens is 4. The number of alkyl halides is 3. The Balaban J connectivity index is 1.87. The molecular formula is C26H20F4N2O4S. The fourth-order valence-corrected chi connectivity index (χ4v) is 5.27. The largest absolute Gasteiger partial charge is 0.465 e. The van der Waals surface area contributed by atoms with Crippen molar-refractivity contribution in [3.8, 4) is 0 Å². The van der Waals surface area contributed by atoms with E-state index >= 15 is 0 Å². The van der Waals surface area contributed by atoms with Crippen molar-refractivity contribution in [2.24, 2.45) is 0 Å². The minimum absolute atomic E-state index is 0.00590. The third-order valence-corrected chi connectivity index (χ3v) is 7.40. The summed E-state index contributed by atoms with van der Waals surface area (Å²) in [5.74, 6) is -2.14. The molecule has 6 nitrogen and oxygen atoms in total. The third-order valence-electron chi connectivity index (χ3n) is 5.65. The van der Waals surface area contributed by atoms with Gasteiger partial charge in [-0.05, 0) is 66.6 Å². The molecule has 0 saturated carbocycles. The van der Waals surface area contributed by atoms with Gasteiger partial charge in [-0.15, -0.1) is 0 Å². The molecule has 192 valence electrons. The predicted molar refractivity (Wildman–Crippen MR) is 129 cm³/mol. The molecule has 0 bridgehead atoms. The number of carbonyl (C=O) groups excluding carboxylic acids is 1. The normalized spacial score (nSPS) is 11.9. The molecule has 4 rings (SSSR count). The third kappa shape index (κ3) is 5.26. The second kappa shape index (κ2) is 9.81. The SMILES string of the molecule is COC(=O)c1ccc(S(=O)(=O)N(Cc2ccc(F)c(C(F)(F)F)c2)c2nc3ccccc3cc2C)cc1. The molecule has 0 amide bonds. The lowest BCUT2D eigenvalue weighted by molar-refractivity contribution is -0.140. The van der Waals surface area contributed by atoms with E-state index in [2.05, 4.69) is 9.72 Å². The molecule has 11 heteroatoms. The van der Waals surface area contributed by atoms with Crippen molar-refractivity contribution >= 4 is 32.7 Å². The molecule has 3 aromatic carbocycles. The van der Waals surface area contributed by atoms with Gasteiger partial charge in [0.1, 0.15) is 11.6 Å². The number of carbonyl (C=O) groups is 1. The quantitative estimate of drug-likeness (QED) is 0.229. The van der Waals surface area contributed by atoms with Gasteiger partial charge in [0.05, 0.1) is 35.2 Å². The number of hydrogen-bond donors (Lipinski definition) is 0. The van der Waals surface area contributed by atoms with Gasteiger partial charge in [-0.1, -0.05) is 24.3 Å². The summed E-state index contributed by atoms with van der Waals surface area (Å²) in [7, 11) is -3.23. The van der Waals surface area contributed by atoms with Crippen LogP contribution in [0.1, 0.15) is 27.0 Å². The van der Waals surface area contributed by atoms with Crippen molar-refractivity contribution in [3.63, 3.8) is 0 Å². The average Bonchev–Trinajstić information content (AvgIpc) is 2.86. The maximum atomic E-state index is 13.9. The summed E-state index contributed by atoms with van der Waals surface area (Å²) in [6.07, 6.45) is -4.97. The summed E-state index contributed by atoms with van der Waals surface area (Å²) in [5, 5.41) is 0.740. The van der Waals surface area contributed by atoms with Crippen LogP contribution in [0.15, 0.2) is 77.7 Å². The molecule has 0 spiro atoms. The lowest BCUT2D eigenvalue weighted by atomic mass is 10.1. The van der Waals surface area contributed by atoms with Crippen LogP contribution in [-0.4, -0.2) is 26.5 Å². The van der Waals surface area contributed by atoms with Crippen LogP contribution in [0, 0.1) is 12.7 Å². The van der Waals surface area contributed by atoms with Gasteiger partial charge in [0.25, 0.3) is 10.0 Å². The van der Waals surface area contributed by atoms with Gasteiger partial charge in [-0.3, -0.25) is 0 Å². The number of esters is 1. The van der Waals surface area contributed by atoms with Gasteiger partial charge >= 0.3 is 12.1 Å². The fraction of sp³-hybridized carbons (Fsp3) is 0.154. The number of benzene rings is 3. The average molecular weight is 533 g/mol. The van der Waals surface area contributed by atoms with Gasteiger partial charge in [-0.25, -0.2) is 26.9 Å². The van der Waals surface area contributed by atoms with E-state index in [1.54, 1.807) is 37.3 Å². The number of aromatic nitrogens is 1. The van der Waals surface area contributed by atoms with Crippen LogP contribution in [0.5, 0.6) is 0 Å². The van der Waals surface area contributed by atoms with Crippen LogP contribution < -0.4 is 4.31 Å². The second-order valence-corrected chi connectivity index (χ2v) is 10.0. The van der Waals surface area contributed by atoms with Crippen molar-refractivity contribution in [1.29, 1.82) is 0 Å². The highest BCUT2D eigenvalue weighted by atomic mass is 32.2. The number of sulfonamides is 1. The number of hydrogen-bond acceptors (Lipinski definition) is 5. The first kappa shape index (κ1) is 26.1. The Hall–Kier alpha value is -3.99. The molecule has 0 aliphatic heterocycles. The van der Waals surface area contributed by atoms with E-state index in [0.29, 0.717) is 23.2 Å². The molecule has 1 aromatic heterocycles. The highest BCUT2D eigenvalue weighted by Crippen LogP contribution is 2.34. The first-order chi connectivity index (χ1) is 17.4. The minimum atomic E-state index is -4.97. The van der Waals surface area contributed by atoms with E-state index in [0.717, 1.165) is 15.8 Å². The highest BCUT2D eigenvalue weighted by molar-refractivity contribution is 7.92. The Morgan fingerprint density at radius 2 is 1.68 bits per heavy atom. The zero-order valence-electron chi connectivity index (χ0n) is 19.6. The van der Waals surface area contributed by atoms with E-state index < -0.39 is 40.1 Å². The van der Waals surface area contributed by atoms with Gasteiger partial charge in [-0.2, -0.15) is 13.2 Å². The summed E-state index contributed by atoms with van der Waals surface area (Å²) >= 11 is 0. The number of fused-ring (bicyclic) bond motifs is 1. The predicted octanol–water partition coefficient (Wildman–Crippen LogP) is 5.88. The maximum Gasteiger partial charge on any atom is 0.419 e. The van der Waals surface area contributed by atoms with Crippen LogP contribution in [-0.2, 0) is 27.5 Å². The summed E-state index contributed by atoms with van der Waals surface area (Å²) < 4.78 is 87.0. The lowest BCUT2D eigenvalue weighted by Crippen LogP contribution is -2.32. The fourth-order valence-electron chi connectivity index (χ4n) is 3.80. The van der Waals surface area contributed by atoms with E-state index in [9.17, 15) is 30.8 Å². The number of pyridine rings is 1. The Kier molecular flexibility index (Phi) is 6.92. The molecule has 0 unspecified atom stereocenters. The van der Waals surface area contributed by atoms with Crippen molar-refractivity contribution in [2.45, 2.75) is 24.5 Å². The van der Waals surface area contributed by atoms with Gasteiger partial charge in [0.2, 0.25) is 0 Å². The van der Waals surface area contributed by atoms with Gasteiger partial charge in [0, 0.05) is 5.39 Å². The number of para-hydroxylation sites is 1. The Morgan fingerprint density at radius 1 is 1.00 bits per heavy atom. The number of methoxy groups -OCH3 is 1. The molecule has 1 heterocycles. The summed E-state index contributed by atoms with van der Waals surface area (Å²) in [5.41, 5.74) is -0.571. The number of rotatable bonds is 6. The minimum Gasteiger partial charge on any atom is -0.465 e.